The molecule has 2 aromatic heterocycles. The summed E-state index contributed by atoms with van der Waals surface area (Å²) in [6.45, 7) is 11.5. The smallest absolute Gasteiger partial charge is 0.165 e. The van der Waals surface area contributed by atoms with Crippen LogP contribution in [-0.2, 0) is 0 Å². The Hall–Kier alpha value is -3.75. The predicted octanol–water partition coefficient (Wildman–Crippen LogP) is 5.96. The van der Waals surface area contributed by atoms with Crippen LogP contribution in [-0.4, -0.2) is 26.2 Å². The normalized spacial score (nSPS) is 11.1. The van der Waals surface area contributed by atoms with E-state index in [9.17, 15) is 5.11 Å². The Morgan fingerprint density at radius 1 is 1.29 bits per heavy atom. The minimum atomic E-state index is 0.0192. The zero-order valence-electron chi connectivity index (χ0n) is 17.5. The molecule has 0 saturated carbocycles. The number of anilines is 1. The summed E-state index contributed by atoms with van der Waals surface area (Å²) < 4.78 is 1.70. The van der Waals surface area contributed by atoms with Crippen molar-refractivity contribution in [1.29, 1.82) is 0 Å². The van der Waals surface area contributed by atoms with Crippen LogP contribution in [0.1, 0.15) is 25.0 Å². The number of nitrogens with one attached hydrogen (secondary N) is 1. The number of allylic oxidation sites excluding steroid dienone is 5. The first-order chi connectivity index (χ1) is 14.8. The van der Waals surface area contributed by atoms with Crippen molar-refractivity contribution in [1.82, 2.24) is 14.6 Å². The van der Waals surface area contributed by atoms with E-state index in [0.717, 1.165) is 33.5 Å². The highest BCUT2D eigenvalue weighted by Gasteiger charge is 2.19. The van der Waals surface area contributed by atoms with Crippen LogP contribution in [0.3, 0.4) is 0 Å². The molecule has 2 heterocycles. The zero-order chi connectivity index (χ0) is 22.5. The number of benzene rings is 1. The summed E-state index contributed by atoms with van der Waals surface area (Å²) >= 11 is 6.16. The molecule has 0 aliphatic carbocycles. The van der Waals surface area contributed by atoms with E-state index in [4.69, 9.17) is 28.1 Å². The van der Waals surface area contributed by atoms with Gasteiger partial charge in [-0.2, -0.15) is 5.10 Å². The summed E-state index contributed by atoms with van der Waals surface area (Å²) in [6, 6.07) is 9.41. The van der Waals surface area contributed by atoms with Crippen molar-refractivity contribution in [3.63, 3.8) is 0 Å². The van der Waals surface area contributed by atoms with Crippen LogP contribution < -0.4 is 5.32 Å². The Morgan fingerprint density at radius 2 is 2.06 bits per heavy atom. The average Bonchev–Trinajstić information content (AvgIpc) is 3.10. The molecule has 3 rings (SSSR count). The number of rotatable bonds is 7. The van der Waals surface area contributed by atoms with Gasteiger partial charge in [0.05, 0.1) is 12.1 Å². The molecule has 0 radical (unpaired) electrons. The quantitative estimate of drug-likeness (QED) is 0.275. The van der Waals surface area contributed by atoms with Crippen LogP contribution in [0, 0.1) is 12.3 Å². The molecule has 6 heteroatoms. The average molecular weight is 431 g/mol. The minimum Gasteiger partial charge on any atom is -0.511 e. The molecule has 0 unspecified atom stereocenters. The summed E-state index contributed by atoms with van der Waals surface area (Å²) in [5.74, 6) is 3.26. The Balaban J connectivity index is 2.33. The maximum Gasteiger partial charge on any atom is 0.165 e. The molecule has 1 aromatic carbocycles. The lowest BCUT2D eigenvalue weighted by Crippen LogP contribution is -2.06. The molecule has 0 atom stereocenters. The molecule has 0 bridgehead atoms. The molecule has 5 nitrogen and oxygen atoms in total. The molecule has 0 aliphatic heterocycles. The number of aromatic nitrogens is 3. The summed E-state index contributed by atoms with van der Waals surface area (Å²) in [5.41, 5.74) is 5.66. The molecule has 0 aliphatic rings. The number of hydrogen-bond acceptors (Lipinski definition) is 4. The molecule has 31 heavy (non-hydrogen) atoms. The van der Waals surface area contributed by atoms with E-state index in [-0.39, 0.29) is 12.3 Å². The summed E-state index contributed by atoms with van der Waals surface area (Å²) in [4.78, 5) is 4.73. The largest absolute Gasteiger partial charge is 0.511 e. The fraction of sp³-hybridized carbons (Fsp3) is 0.120. The second kappa shape index (κ2) is 9.38. The Bertz CT molecular complexity index is 1270. The molecular weight excluding hydrogens is 408 g/mol. The number of aliphatic hydroxyl groups is 1. The molecule has 0 fully saturated rings. The SMILES string of the molecule is C#Cc1cccc(-c2nn3ccc(NCC(=C)O)nc3c2/C(C=C(C)C)=C/C(=C)Cl)c1. The molecular formula is C25H23ClN4O. The lowest BCUT2D eigenvalue weighted by molar-refractivity contribution is 0.410. The fourth-order valence-corrected chi connectivity index (χ4v) is 3.23. The molecule has 0 amide bonds. The summed E-state index contributed by atoms with van der Waals surface area (Å²) in [6.07, 6.45) is 11.2. The van der Waals surface area contributed by atoms with Crippen molar-refractivity contribution in [3.05, 3.63) is 89.3 Å². The Labute approximate surface area is 187 Å². The minimum absolute atomic E-state index is 0.0192. The second-order valence-electron chi connectivity index (χ2n) is 7.22. The summed E-state index contributed by atoms with van der Waals surface area (Å²) in [7, 11) is 0. The van der Waals surface area contributed by atoms with E-state index in [1.807, 2.05) is 44.2 Å². The van der Waals surface area contributed by atoms with E-state index in [2.05, 4.69) is 24.4 Å². The van der Waals surface area contributed by atoms with Gasteiger partial charge in [0.25, 0.3) is 0 Å². The third-order valence-electron chi connectivity index (χ3n) is 4.31. The van der Waals surface area contributed by atoms with E-state index in [1.165, 1.54) is 0 Å². The van der Waals surface area contributed by atoms with Crippen LogP contribution >= 0.6 is 11.6 Å². The fourth-order valence-electron chi connectivity index (χ4n) is 3.11. The van der Waals surface area contributed by atoms with Crippen LogP contribution in [0.2, 0.25) is 0 Å². The monoisotopic (exact) mass is 430 g/mol. The maximum absolute atomic E-state index is 9.41. The van der Waals surface area contributed by atoms with Gasteiger partial charge in [-0.3, -0.25) is 0 Å². The van der Waals surface area contributed by atoms with E-state index in [1.54, 1.807) is 22.9 Å². The van der Waals surface area contributed by atoms with Gasteiger partial charge in [0.1, 0.15) is 17.3 Å². The molecule has 2 N–H and O–H groups in total. The number of aliphatic hydroxyl groups excluding tert-OH is 1. The van der Waals surface area contributed by atoms with Gasteiger partial charge in [-0.1, -0.05) is 54.5 Å². The first-order valence-corrected chi connectivity index (χ1v) is 9.94. The van der Waals surface area contributed by atoms with Gasteiger partial charge in [-0.15, -0.1) is 6.42 Å². The predicted molar refractivity (Wildman–Crippen MR) is 129 cm³/mol. The van der Waals surface area contributed by atoms with Crippen molar-refractivity contribution < 1.29 is 5.11 Å². The highest BCUT2D eigenvalue weighted by molar-refractivity contribution is 6.31. The van der Waals surface area contributed by atoms with Gasteiger partial charge in [0, 0.05) is 22.4 Å². The lowest BCUT2D eigenvalue weighted by Gasteiger charge is -2.08. The van der Waals surface area contributed by atoms with Crippen LogP contribution in [0.4, 0.5) is 5.82 Å². The van der Waals surface area contributed by atoms with E-state index in [0.29, 0.717) is 16.5 Å². The van der Waals surface area contributed by atoms with Crippen molar-refractivity contribution >= 4 is 28.6 Å². The van der Waals surface area contributed by atoms with E-state index < -0.39 is 0 Å². The van der Waals surface area contributed by atoms with Gasteiger partial charge in [-0.25, -0.2) is 9.50 Å². The Morgan fingerprint density at radius 3 is 2.71 bits per heavy atom. The van der Waals surface area contributed by atoms with Gasteiger partial charge in [0.2, 0.25) is 0 Å². The third kappa shape index (κ3) is 5.25. The van der Waals surface area contributed by atoms with Crippen molar-refractivity contribution in [3.8, 4) is 23.6 Å². The van der Waals surface area contributed by atoms with Crippen LogP contribution in [0.15, 0.2) is 78.2 Å². The van der Waals surface area contributed by atoms with Crippen molar-refractivity contribution in [2.24, 2.45) is 0 Å². The number of nitrogens with zero attached hydrogens (tertiary/aromatic N) is 3. The topological polar surface area (TPSA) is 62.5 Å². The zero-order valence-corrected chi connectivity index (χ0v) is 18.2. The number of terminal acetylenes is 1. The van der Waals surface area contributed by atoms with Crippen molar-refractivity contribution in [2.75, 3.05) is 11.9 Å². The number of hydrogen-bond donors (Lipinski definition) is 2. The lowest BCUT2D eigenvalue weighted by atomic mass is 9.98. The standard InChI is InChI=1S/C25H23ClN4O/c1-6-19-8-7-9-20(14-19)24-23(21(12-16(2)3)13-17(4)26)25-28-22(27-15-18(5)31)10-11-30(25)29-24/h1,7-14,31H,4-5,15H2,2-3H3,(H,27,28)/b21-13+. The van der Waals surface area contributed by atoms with Gasteiger partial charge >= 0.3 is 0 Å². The van der Waals surface area contributed by atoms with Crippen LogP contribution in [0.5, 0.6) is 0 Å². The van der Waals surface area contributed by atoms with Crippen LogP contribution in [0.25, 0.3) is 22.5 Å². The molecule has 3 aromatic rings. The first kappa shape index (κ1) is 21.9. The van der Waals surface area contributed by atoms with Gasteiger partial charge in [-0.05, 0) is 43.7 Å². The maximum atomic E-state index is 9.41. The Kier molecular flexibility index (Phi) is 6.64. The van der Waals surface area contributed by atoms with Gasteiger partial charge in [0.15, 0.2) is 5.65 Å². The number of halogens is 1. The summed E-state index contributed by atoms with van der Waals surface area (Å²) in [5, 5.41) is 17.6. The molecule has 0 saturated heterocycles. The molecule has 0 spiro atoms. The van der Waals surface area contributed by atoms with Crippen molar-refractivity contribution in [2.45, 2.75) is 13.8 Å². The molecule has 156 valence electrons. The highest BCUT2D eigenvalue weighted by Crippen LogP contribution is 2.34. The number of fused-ring (bicyclic) bond motifs is 1. The van der Waals surface area contributed by atoms with E-state index >= 15 is 0 Å². The third-order valence-corrected chi connectivity index (χ3v) is 4.42. The van der Waals surface area contributed by atoms with Gasteiger partial charge < -0.3 is 10.4 Å². The second-order valence-corrected chi connectivity index (χ2v) is 7.70. The highest BCUT2D eigenvalue weighted by atomic mass is 35.5. The first-order valence-electron chi connectivity index (χ1n) is 9.57.